The van der Waals surface area contributed by atoms with Crippen LogP contribution in [0.25, 0.3) is 0 Å². The van der Waals surface area contributed by atoms with Gasteiger partial charge >= 0.3 is 5.97 Å². The van der Waals surface area contributed by atoms with Crippen molar-refractivity contribution in [2.45, 2.75) is 19.8 Å². The summed E-state index contributed by atoms with van der Waals surface area (Å²) in [5.74, 6) is -0.218. The lowest BCUT2D eigenvalue weighted by molar-refractivity contribution is -0.124. The van der Waals surface area contributed by atoms with Gasteiger partial charge in [-0.2, -0.15) is 0 Å². The molecule has 0 aromatic heterocycles. The maximum Gasteiger partial charge on any atom is 0.338 e. The predicted octanol–water partition coefficient (Wildman–Crippen LogP) is 4.06. The molecule has 7 heteroatoms. The second kappa shape index (κ2) is 8.18. The minimum absolute atomic E-state index is 0.146. The van der Waals surface area contributed by atoms with Crippen LogP contribution in [-0.2, 0) is 14.3 Å². The summed E-state index contributed by atoms with van der Waals surface area (Å²) in [5, 5.41) is 2.80. The summed E-state index contributed by atoms with van der Waals surface area (Å²) in [7, 11) is 0. The monoisotopic (exact) mass is 470 g/mol. The van der Waals surface area contributed by atoms with Gasteiger partial charge in [0, 0.05) is 11.3 Å². The van der Waals surface area contributed by atoms with Crippen LogP contribution in [0.4, 0.5) is 11.4 Å². The summed E-state index contributed by atoms with van der Waals surface area (Å²) in [4.78, 5) is 52.9. The van der Waals surface area contributed by atoms with Crippen molar-refractivity contribution in [3.63, 3.8) is 0 Å². The van der Waals surface area contributed by atoms with Gasteiger partial charge < -0.3 is 10.1 Å². The van der Waals surface area contributed by atoms with E-state index < -0.39 is 5.97 Å². The molecule has 1 N–H and O–H groups in total. The fourth-order valence-corrected chi connectivity index (χ4v) is 6.17. The van der Waals surface area contributed by atoms with Gasteiger partial charge in [0.05, 0.1) is 29.7 Å². The summed E-state index contributed by atoms with van der Waals surface area (Å²) in [6.07, 6.45) is 6.15. The molecule has 1 saturated heterocycles. The minimum Gasteiger partial charge on any atom is -0.462 e. The van der Waals surface area contributed by atoms with Gasteiger partial charge in [-0.1, -0.05) is 25.1 Å². The van der Waals surface area contributed by atoms with Crippen molar-refractivity contribution in [3.05, 3.63) is 71.8 Å². The highest BCUT2D eigenvalue weighted by molar-refractivity contribution is 6.23. The van der Waals surface area contributed by atoms with Crippen LogP contribution in [0, 0.1) is 35.5 Å². The van der Waals surface area contributed by atoms with Crippen molar-refractivity contribution >= 4 is 35.1 Å². The zero-order chi connectivity index (χ0) is 24.3. The zero-order valence-electron chi connectivity index (χ0n) is 19.3. The molecule has 0 unspecified atom stereocenters. The molecular formula is C28H26N2O5. The molecule has 3 fully saturated rings. The van der Waals surface area contributed by atoms with E-state index in [1.807, 2.05) is 6.92 Å². The Bertz CT molecular complexity index is 1230. The average molecular weight is 471 g/mol. The lowest BCUT2D eigenvalue weighted by atomic mass is 9.63. The van der Waals surface area contributed by atoms with Crippen LogP contribution < -0.4 is 10.2 Å². The number of benzene rings is 2. The van der Waals surface area contributed by atoms with E-state index in [0.717, 1.165) is 12.8 Å². The highest BCUT2D eigenvalue weighted by Gasteiger charge is 2.67. The van der Waals surface area contributed by atoms with Crippen LogP contribution in [-0.4, -0.2) is 30.3 Å². The lowest BCUT2D eigenvalue weighted by Crippen LogP contribution is -2.40. The number of nitrogens with one attached hydrogen (secondary N) is 1. The number of hydrogen-bond acceptors (Lipinski definition) is 5. The van der Waals surface area contributed by atoms with Crippen LogP contribution in [0.2, 0.25) is 0 Å². The number of rotatable bonds is 6. The number of nitrogens with zero attached hydrogens (tertiary/aromatic N) is 1. The standard InChI is InChI=1S/C28H26N2O5/c1-2-12-35-28(34)15-6-8-17(9-7-15)29-25(31)16-4-3-5-18(13-16)30-26(32)23-19-10-11-20(22-14-21(19)22)24(23)27(30)33/h3-11,13,19-24H,2,12,14H2,1H3,(H,29,31)/t19-,20-,21-,22-,23-,24+/m1/s1. The Morgan fingerprint density at radius 2 is 1.60 bits per heavy atom. The second-order valence-electron chi connectivity index (χ2n) is 9.88. The van der Waals surface area contributed by atoms with Gasteiger partial charge in [-0.05, 0) is 79.0 Å². The van der Waals surface area contributed by atoms with Crippen molar-refractivity contribution in [1.29, 1.82) is 0 Å². The number of esters is 1. The molecule has 4 aliphatic carbocycles. The molecule has 1 heterocycles. The van der Waals surface area contributed by atoms with E-state index in [1.165, 1.54) is 4.90 Å². The van der Waals surface area contributed by atoms with Crippen LogP contribution in [0.5, 0.6) is 0 Å². The highest BCUT2D eigenvalue weighted by atomic mass is 16.5. The Hall–Kier alpha value is -3.74. The van der Waals surface area contributed by atoms with E-state index in [4.69, 9.17) is 4.74 Å². The molecule has 2 bridgehead atoms. The summed E-state index contributed by atoms with van der Waals surface area (Å²) < 4.78 is 5.12. The second-order valence-corrected chi connectivity index (χ2v) is 9.88. The Kier molecular flexibility index (Phi) is 5.09. The number of amides is 3. The number of ether oxygens (including phenoxy) is 1. The molecule has 2 aromatic rings. The number of imide groups is 1. The summed E-state index contributed by atoms with van der Waals surface area (Å²) >= 11 is 0. The fourth-order valence-electron chi connectivity index (χ4n) is 6.17. The molecule has 7 nitrogen and oxygen atoms in total. The first-order chi connectivity index (χ1) is 17.0. The van der Waals surface area contributed by atoms with Crippen molar-refractivity contribution in [3.8, 4) is 0 Å². The Balaban J connectivity index is 1.18. The molecule has 1 aliphatic heterocycles. The third kappa shape index (κ3) is 3.49. The van der Waals surface area contributed by atoms with E-state index in [1.54, 1.807) is 48.5 Å². The summed E-state index contributed by atoms with van der Waals surface area (Å²) in [5.41, 5.74) is 1.71. The molecule has 178 valence electrons. The van der Waals surface area contributed by atoms with Crippen molar-refractivity contribution in [1.82, 2.24) is 0 Å². The number of carbonyl (C=O) groups is 4. The average Bonchev–Trinajstić information content (AvgIpc) is 3.66. The molecule has 0 radical (unpaired) electrons. The van der Waals surface area contributed by atoms with E-state index >= 15 is 0 Å². The zero-order valence-corrected chi connectivity index (χ0v) is 19.3. The molecule has 7 rings (SSSR count). The molecular weight excluding hydrogens is 444 g/mol. The molecule has 0 spiro atoms. The summed E-state index contributed by atoms with van der Waals surface area (Å²) in [6.45, 7) is 2.28. The van der Waals surface area contributed by atoms with Gasteiger partial charge in [0.25, 0.3) is 5.91 Å². The number of anilines is 2. The van der Waals surface area contributed by atoms with Crippen LogP contribution in [0.3, 0.4) is 0 Å². The molecule has 2 saturated carbocycles. The number of carbonyl (C=O) groups excluding carboxylic acids is 4. The molecule has 6 atom stereocenters. The van der Waals surface area contributed by atoms with E-state index in [0.29, 0.717) is 40.9 Å². The van der Waals surface area contributed by atoms with E-state index in [9.17, 15) is 19.2 Å². The molecule has 35 heavy (non-hydrogen) atoms. The normalized spacial score (nSPS) is 29.6. The van der Waals surface area contributed by atoms with Crippen LogP contribution in [0.1, 0.15) is 40.5 Å². The maximum absolute atomic E-state index is 13.4. The quantitative estimate of drug-likeness (QED) is 0.390. The Morgan fingerprint density at radius 1 is 0.943 bits per heavy atom. The van der Waals surface area contributed by atoms with E-state index in [-0.39, 0.29) is 41.4 Å². The smallest absolute Gasteiger partial charge is 0.338 e. The number of allylic oxidation sites excluding steroid dienone is 2. The molecule has 5 aliphatic rings. The lowest BCUT2D eigenvalue weighted by Gasteiger charge is -2.37. The number of hydrogen-bond donors (Lipinski definition) is 1. The van der Waals surface area contributed by atoms with Crippen LogP contribution >= 0.6 is 0 Å². The fraction of sp³-hybridized carbons (Fsp3) is 0.357. The summed E-state index contributed by atoms with van der Waals surface area (Å²) in [6, 6.07) is 13.1. The van der Waals surface area contributed by atoms with Crippen LogP contribution in [0.15, 0.2) is 60.7 Å². The van der Waals surface area contributed by atoms with Gasteiger partial charge in [-0.15, -0.1) is 0 Å². The van der Waals surface area contributed by atoms with Crippen molar-refractivity contribution < 1.29 is 23.9 Å². The maximum atomic E-state index is 13.4. The van der Waals surface area contributed by atoms with E-state index in [2.05, 4.69) is 17.5 Å². The van der Waals surface area contributed by atoms with Gasteiger partial charge in [0.2, 0.25) is 11.8 Å². The van der Waals surface area contributed by atoms with Crippen molar-refractivity contribution in [2.24, 2.45) is 35.5 Å². The van der Waals surface area contributed by atoms with Gasteiger partial charge in [-0.3, -0.25) is 14.4 Å². The SMILES string of the molecule is CCCOC(=O)c1ccc(NC(=O)c2cccc(N3C(=O)[C@@H]4[C@@H]5C=C[C@H]([C@H]6C[C@H]56)[C@@H]4C3=O)c2)cc1. The molecule has 3 amide bonds. The van der Waals surface area contributed by atoms with Gasteiger partial charge in [0.1, 0.15) is 0 Å². The highest BCUT2D eigenvalue weighted by Crippen LogP contribution is 2.65. The van der Waals surface area contributed by atoms with Crippen molar-refractivity contribution in [2.75, 3.05) is 16.8 Å². The first-order valence-electron chi connectivity index (χ1n) is 12.2. The largest absolute Gasteiger partial charge is 0.462 e. The first kappa shape index (κ1) is 21.8. The molecule has 2 aromatic carbocycles. The first-order valence-corrected chi connectivity index (χ1v) is 12.2. The third-order valence-corrected chi connectivity index (χ3v) is 7.85. The Labute approximate surface area is 203 Å². The third-order valence-electron chi connectivity index (χ3n) is 7.85. The topological polar surface area (TPSA) is 92.8 Å². The minimum atomic E-state index is -0.404. The van der Waals surface area contributed by atoms with Gasteiger partial charge in [-0.25, -0.2) is 9.69 Å². The Morgan fingerprint density at radius 3 is 2.23 bits per heavy atom. The van der Waals surface area contributed by atoms with Gasteiger partial charge in [0.15, 0.2) is 0 Å². The predicted molar refractivity (Wildman–Crippen MR) is 129 cm³/mol.